The van der Waals surface area contributed by atoms with Crippen LogP contribution in [0.4, 0.5) is 0 Å². The molecule has 1 N–H and O–H groups in total. The van der Waals surface area contributed by atoms with E-state index >= 15 is 0 Å². The summed E-state index contributed by atoms with van der Waals surface area (Å²) in [5, 5.41) is 10.6. The van der Waals surface area contributed by atoms with Crippen molar-refractivity contribution < 1.29 is 9.90 Å². The lowest BCUT2D eigenvalue weighted by Gasteiger charge is -2.36. The number of amides is 1. The van der Waals surface area contributed by atoms with Gasteiger partial charge in [-0.1, -0.05) is 23.7 Å². The van der Waals surface area contributed by atoms with E-state index in [4.69, 9.17) is 11.6 Å². The highest BCUT2D eigenvalue weighted by Gasteiger charge is 2.25. The molecule has 0 aliphatic carbocycles. The van der Waals surface area contributed by atoms with E-state index < -0.39 is 0 Å². The minimum atomic E-state index is 0.0633. The first kappa shape index (κ1) is 17.8. The normalized spacial score (nSPS) is 17.8. The lowest BCUT2D eigenvalue weighted by molar-refractivity contribution is 0.0635. The number of benzene rings is 2. The van der Waals surface area contributed by atoms with Crippen LogP contribution in [-0.2, 0) is 0 Å². The summed E-state index contributed by atoms with van der Waals surface area (Å²) in [7, 11) is 4.12. The Hall–Kier alpha value is -2.04. The summed E-state index contributed by atoms with van der Waals surface area (Å²) in [6.45, 7) is 1.57. The van der Waals surface area contributed by atoms with Crippen molar-refractivity contribution in [2.45, 2.75) is 18.9 Å². The number of likely N-dealkylation sites (tertiary alicyclic amines) is 1. The molecule has 0 saturated carbocycles. The zero-order valence-electron chi connectivity index (χ0n) is 14.6. The van der Waals surface area contributed by atoms with Crippen LogP contribution in [0.5, 0.6) is 5.75 Å². The molecular weight excluding hydrogens is 336 g/mol. The number of hydrogen-bond donors (Lipinski definition) is 1. The highest BCUT2D eigenvalue weighted by atomic mass is 35.5. The molecule has 25 heavy (non-hydrogen) atoms. The molecule has 4 nitrogen and oxygen atoms in total. The molecule has 1 aliphatic rings. The zero-order valence-corrected chi connectivity index (χ0v) is 15.3. The van der Waals surface area contributed by atoms with E-state index in [1.165, 1.54) is 0 Å². The van der Waals surface area contributed by atoms with Gasteiger partial charge in [-0.25, -0.2) is 0 Å². The van der Waals surface area contributed by atoms with Crippen LogP contribution in [0.3, 0.4) is 0 Å². The molecule has 5 heteroatoms. The van der Waals surface area contributed by atoms with E-state index in [2.05, 4.69) is 19.0 Å². The van der Waals surface area contributed by atoms with Gasteiger partial charge in [-0.15, -0.1) is 0 Å². The predicted octanol–water partition coefficient (Wildman–Crippen LogP) is 3.88. The maximum atomic E-state index is 12.8. The van der Waals surface area contributed by atoms with E-state index in [9.17, 15) is 9.90 Å². The third-order valence-corrected chi connectivity index (χ3v) is 5.05. The first-order chi connectivity index (χ1) is 12.0. The molecule has 1 fully saturated rings. The lowest BCUT2D eigenvalue weighted by Crippen LogP contribution is -2.47. The maximum absolute atomic E-state index is 12.8. The van der Waals surface area contributed by atoms with E-state index in [1.54, 1.807) is 18.2 Å². The minimum Gasteiger partial charge on any atom is -0.507 e. The number of rotatable bonds is 3. The number of phenolic OH excluding ortho intramolecular Hbond substituents is 1. The van der Waals surface area contributed by atoms with Crippen molar-refractivity contribution in [3.63, 3.8) is 0 Å². The van der Waals surface area contributed by atoms with Gasteiger partial charge in [0.1, 0.15) is 5.75 Å². The Labute approximate surface area is 153 Å². The van der Waals surface area contributed by atoms with Gasteiger partial charge in [0.05, 0.1) is 0 Å². The molecule has 2 aromatic carbocycles. The van der Waals surface area contributed by atoms with Gasteiger partial charge in [-0.05, 0) is 62.8 Å². The van der Waals surface area contributed by atoms with Gasteiger partial charge in [0.25, 0.3) is 5.91 Å². The van der Waals surface area contributed by atoms with Gasteiger partial charge in [0.15, 0.2) is 0 Å². The smallest absolute Gasteiger partial charge is 0.253 e. The molecule has 0 bridgehead atoms. The van der Waals surface area contributed by atoms with Crippen molar-refractivity contribution >= 4 is 17.5 Å². The van der Waals surface area contributed by atoms with E-state index in [0.29, 0.717) is 22.2 Å². The van der Waals surface area contributed by atoms with Gasteiger partial charge in [-0.3, -0.25) is 4.79 Å². The number of carbonyl (C=O) groups is 1. The quantitative estimate of drug-likeness (QED) is 0.905. The first-order valence-electron chi connectivity index (χ1n) is 8.50. The van der Waals surface area contributed by atoms with Crippen LogP contribution >= 0.6 is 11.6 Å². The first-order valence-corrected chi connectivity index (χ1v) is 8.88. The number of aromatic hydroxyl groups is 1. The monoisotopic (exact) mass is 358 g/mol. The van der Waals surface area contributed by atoms with Gasteiger partial charge in [-0.2, -0.15) is 0 Å². The second kappa shape index (κ2) is 7.46. The lowest BCUT2D eigenvalue weighted by atomic mass is 10.0. The minimum absolute atomic E-state index is 0.0633. The summed E-state index contributed by atoms with van der Waals surface area (Å²) in [5.74, 6) is 0.238. The summed E-state index contributed by atoms with van der Waals surface area (Å²) in [6, 6.07) is 12.7. The molecule has 0 aromatic heterocycles. The Bertz CT molecular complexity index is 759. The highest BCUT2D eigenvalue weighted by molar-refractivity contribution is 6.31. The van der Waals surface area contributed by atoms with Crippen LogP contribution < -0.4 is 0 Å². The summed E-state index contributed by atoms with van der Waals surface area (Å²) < 4.78 is 0. The second-order valence-corrected chi connectivity index (χ2v) is 7.19. The van der Waals surface area contributed by atoms with Crippen LogP contribution in [0.2, 0.25) is 5.02 Å². The summed E-state index contributed by atoms with van der Waals surface area (Å²) >= 11 is 6.01. The molecule has 1 amide bonds. The fraction of sp³-hybridized carbons (Fsp3) is 0.350. The number of piperidine rings is 1. The van der Waals surface area contributed by atoms with Gasteiger partial charge >= 0.3 is 0 Å². The van der Waals surface area contributed by atoms with Crippen molar-refractivity contribution in [2.75, 3.05) is 27.2 Å². The highest BCUT2D eigenvalue weighted by Crippen LogP contribution is 2.32. The SMILES string of the molecule is CN(C)C1CCCN(C(=O)c2ccc(-c3cc(Cl)ccc3O)cc2)C1. The number of nitrogens with zero attached hydrogens (tertiary/aromatic N) is 2. The van der Waals surface area contributed by atoms with Gasteiger partial charge in [0.2, 0.25) is 0 Å². The van der Waals surface area contributed by atoms with Crippen molar-refractivity contribution in [2.24, 2.45) is 0 Å². The maximum Gasteiger partial charge on any atom is 0.253 e. The van der Waals surface area contributed by atoms with Crippen LogP contribution in [0, 0.1) is 0 Å². The molecule has 1 saturated heterocycles. The molecule has 2 aromatic rings. The average molecular weight is 359 g/mol. The Kier molecular flexibility index (Phi) is 5.30. The average Bonchev–Trinajstić information content (AvgIpc) is 2.63. The van der Waals surface area contributed by atoms with Crippen LogP contribution in [0.1, 0.15) is 23.2 Å². The largest absolute Gasteiger partial charge is 0.507 e. The Morgan fingerprint density at radius 1 is 1.20 bits per heavy atom. The van der Waals surface area contributed by atoms with Gasteiger partial charge in [0, 0.05) is 35.3 Å². The van der Waals surface area contributed by atoms with Gasteiger partial charge < -0.3 is 14.9 Å². The van der Waals surface area contributed by atoms with Crippen LogP contribution in [-0.4, -0.2) is 54.0 Å². The second-order valence-electron chi connectivity index (χ2n) is 6.75. The predicted molar refractivity (Wildman–Crippen MR) is 101 cm³/mol. The molecule has 1 unspecified atom stereocenters. The molecule has 0 radical (unpaired) electrons. The molecule has 0 spiro atoms. The third-order valence-electron chi connectivity index (χ3n) is 4.82. The summed E-state index contributed by atoms with van der Waals surface area (Å²) in [4.78, 5) is 16.9. The Balaban J connectivity index is 1.78. The standard InChI is InChI=1S/C20H23ClN2O2/c1-22(2)17-4-3-11-23(13-17)20(25)15-7-5-14(6-8-15)18-12-16(21)9-10-19(18)24/h5-10,12,17,24H,3-4,11,13H2,1-2H3. The molecule has 1 heterocycles. The number of carbonyl (C=O) groups excluding carboxylic acids is 1. The fourth-order valence-electron chi connectivity index (χ4n) is 3.28. The topological polar surface area (TPSA) is 43.8 Å². The van der Waals surface area contributed by atoms with E-state index in [0.717, 1.165) is 31.5 Å². The van der Waals surface area contributed by atoms with Crippen LogP contribution in [0.25, 0.3) is 11.1 Å². The molecule has 1 atom stereocenters. The molecule has 3 rings (SSSR count). The number of likely N-dealkylation sites (N-methyl/N-ethyl adjacent to an activating group) is 1. The molecule has 132 valence electrons. The summed E-state index contributed by atoms with van der Waals surface area (Å²) in [5.41, 5.74) is 2.17. The fourth-order valence-corrected chi connectivity index (χ4v) is 3.45. The van der Waals surface area contributed by atoms with Crippen molar-refractivity contribution in [1.82, 2.24) is 9.80 Å². The van der Waals surface area contributed by atoms with Crippen molar-refractivity contribution in [3.05, 3.63) is 53.1 Å². The van der Waals surface area contributed by atoms with Crippen molar-refractivity contribution in [1.29, 1.82) is 0 Å². The summed E-state index contributed by atoms with van der Waals surface area (Å²) in [6.07, 6.45) is 2.16. The van der Waals surface area contributed by atoms with E-state index in [-0.39, 0.29) is 11.7 Å². The zero-order chi connectivity index (χ0) is 18.0. The number of hydrogen-bond acceptors (Lipinski definition) is 3. The number of phenols is 1. The molecule has 1 aliphatic heterocycles. The van der Waals surface area contributed by atoms with Crippen LogP contribution in [0.15, 0.2) is 42.5 Å². The molecular formula is C20H23ClN2O2. The van der Waals surface area contributed by atoms with Crippen molar-refractivity contribution in [3.8, 4) is 16.9 Å². The number of halogens is 1. The Morgan fingerprint density at radius 2 is 1.92 bits per heavy atom. The van der Waals surface area contributed by atoms with E-state index in [1.807, 2.05) is 29.2 Å². The third kappa shape index (κ3) is 3.97. The Morgan fingerprint density at radius 3 is 2.60 bits per heavy atom.